The van der Waals surface area contributed by atoms with Crippen molar-refractivity contribution in [3.8, 4) is 0 Å². The molecule has 1 rings (SSSR count). The number of hydrogen-bond acceptors (Lipinski definition) is 2. The lowest BCUT2D eigenvalue weighted by Gasteiger charge is -2.12. The Hall–Kier alpha value is -1.22. The number of benzene rings is 1. The average Bonchev–Trinajstić information content (AvgIpc) is 2.17. The maximum Gasteiger partial charge on any atom is 0.260 e. The molecule has 1 aromatic carbocycles. The highest BCUT2D eigenvalue weighted by atomic mass is 32.1. The summed E-state index contributed by atoms with van der Waals surface area (Å²) in [5.74, 6) is -0.232. The van der Waals surface area contributed by atoms with Crippen LogP contribution in [0.2, 0.25) is 0 Å². The van der Waals surface area contributed by atoms with Crippen LogP contribution in [0.4, 0.5) is 5.69 Å². The van der Waals surface area contributed by atoms with Crippen LogP contribution in [0.5, 0.6) is 0 Å². The van der Waals surface area contributed by atoms with Gasteiger partial charge in [0.05, 0.1) is 5.69 Å². The molecule has 0 saturated carbocycles. The van der Waals surface area contributed by atoms with E-state index in [1.54, 1.807) is 12.1 Å². The second kappa shape index (κ2) is 3.97. The zero-order valence-electron chi connectivity index (χ0n) is 6.47. The first-order chi connectivity index (χ1) is 5.75. The minimum absolute atomic E-state index is 0.232. The van der Waals surface area contributed by atoms with Gasteiger partial charge in [-0.05, 0) is 18.2 Å². The third-order valence-electron chi connectivity index (χ3n) is 1.38. The van der Waals surface area contributed by atoms with Crippen molar-refractivity contribution in [1.82, 2.24) is 0 Å². The number of thiol groups is 1. The van der Waals surface area contributed by atoms with Crippen LogP contribution in [-0.4, -0.2) is 5.91 Å². The summed E-state index contributed by atoms with van der Waals surface area (Å²) in [7, 11) is 0. The van der Waals surface area contributed by atoms with Crippen molar-refractivity contribution in [3.63, 3.8) is 0 Å². The quantitative estimate of drug-likeness (QED) is 0.544. The predicted octanol–water partition coefficient (Wildman–Crippen LogP) is 2.05. The summed E-state index contributed by atoms with van der Waals surface area (Å²) in [6.07, 6.45) is 1.22. The van der Waals surface area contributed by atoms with Gasteiger partial charge in [0.15, 0.2) is 0 Å². The Bertz CT molecular complexity index is 284. The second-order valence-corrected chi connectivity index (χ2v) is 2.59. The number of hydrogen-bond donors (Lipinski definition) is 1. The lowest BCUT2D eigenvalue weighted by Crippen LogP contribution is -2.17. The van der Waals surface area contributed by atoms with E-state index < -0.39 is 0 Å². The highest BCUT2D eigenvalue weighted by Gasteiger charge is 2.05. The van der Waals surface area contributed by atoms with Crippen molar-refractivity contribution in [2.45, 2.75) is 0 Å². The maximum absolute atomic E-state index is 11.0. The first kappa shape index (κ1) is 8.87. The van der Waals surface area contributed by atoms with Gasteiger partial charge in [-0.3, -0.25) is 9.10 Å². The van der Waals surface area contributed by atoms with Gasteiger partial charge in [-0.25, -0.2) is 0 Å². The van der Waals surface area contributed by atoms with Crippen molar-refractivity contribution < 1.29 is 4.79 Å². The molecule has 0 bridgehead atoms. The fourth-order valence-electron chi connectivity index (χ4n) is 0.783. The standard InChI is InChI=1S/C9H9NOS/c1-2-9(11)10(12)8-6-4-3-5-7-8/h2-7,12H,1H2. The molecule has 2 nitrogen and oxygen atoms in total. The molecule has 0 radical (unpaired) electrons. The van der Waals surface area contributed by atoms with Gasteiger partial charge in [0, 0.05) is 0 Å². The molecule has 0 atom stereocenters. The summed E-state index contributed by atoms with van der Waals surface area (Å²) in [4.78, 5) is 11.0. The van der Waals surface area contributed by atoms with E-state index in [2.05, 4.69) is 19.4 Å². The van der Waals surface area contributed by atoms with Gasteiger partial charge < -0.3 is 0 Å². The Morgan fingerprint density at radius 2 is 2.00 bits per heavy atom. The highest BCUT2D eigenvalue weighted by molar-refractivity contribution is 7.82. The Morgan fingerprint density at radius 3 is 2.50 bits per heavy atom. The molecule has 12 heavy (non-hydrogen) atoms. The van der Waals surface area contributed by atoms with Crippen molar-refractivity contribution >= 4 is 24.4 Å². The fourth-order valence-corrected chi connectivity index (χ4v) is 0.998. The fraction of sp³-hybridized carbons (Fsp3) is 0. The van der Waals surface area contributed by atoms with E-state index in [0.717, 1.165) is 5.69 Å². The molecule has 0 spiro atoms. The van der Waals surface area contributed by atoms with Crippen molar-refractivity contribution in [2.24, 2.45) is 0 Å². The summed E-state index contributed by atoms with van der Waals surface area (Å²) in [6.45, 7) is 3.37. The first-order valence-electron chi connectivity index (χ1n) is 3.46. The van der Waals surface area contributed by atoms with Crippen molar-refractivity contribution in [1.29, 1.82) is 0 Å². The molecule has 0 aromatic heterocycles. The summed E-state index contributed by atoms with van der Waals surface area (Å²) in [5, 5.41) is 0. The molecule has 62 valence electrons. The van der Waals surface area contributed by atoms with Crippen LogP contribution in [0.1, 0.15) is 0 Å². The lowest BCUT2D eigenvalue weighted by atomic mass is 10.3. The molecule has 0 aliphatic heterocycles. The number of nitrogens with zero attached hydrogens (tertiary/aromatic N) is 1. The predicted molar refractivity (Wildman–Crippen MR) is 53.1 cm³/mol. The topological polar surface area (TPSA) is 20.3 Å². The van der Waals surface area contributed by atoms with Crippen LogP contribution in [0.3, 0.4) is 0 Å². The van der Waals surface area contributed by atoms with Crippen LogP contribution in [-0.2, 0) is 4.79 Å². The zero-order chi connectivity index (χ0) is 8.97. The highest BCUT2D eigenvalue weighted by Crippen LogP contribution is 2.15. The summed E-state index contributed by atoms with van der Waals surface area (Å²) in [5.41, 5.74) is 0.741. The number of amides is 1. The van der Waals surface area contributed by atoms with Gasteiger partial charge in [0.2, 0.25) is 0 Å². The lowest BCUT2D eigenvalue weighted by molar-refractivity contribution is -0.112. The molecule has 0 aliphatic rings. The second-order valence-electron chi connectivity index (χ2n) is 2.19. The zero-order valence-corrected chi connectivity index (χ0v) is 7.37. The van der Waals surface area contributed by atoms with E-state index in [-0.39, 0.29) is 5.91 Å². The average molecular weight is 179 g/mol. The van der Waals surface area contributed by atoms with E-state index >= 15 is 0 Å². The third kappa shape index (κ3) is 1.89. The number of para-hydroxylation sites is 1. The van der Waals surface area contributed by atoms with Crippen molar-refractivity contribution in [3.05, 3.63) is 43.0 Å². The molecule has 1 aromatic rings. The van der Waals surface area contributed by atoms with Gasteiger partial charge in [-0.2, -0.15) is 0 Å². The number of anilines is 1. The molecule has 3 heteroatoms. The molecular weight excluding hydrogens is 170 g/mol. The minimum atomic E-state index is -0.232. The van der Waals surface area contributed by atoms with Gasteiger partial charge in [-0.15, -0.1) is 0 Å². The smallest absolute Gasteiger partial charge is 0.260 e. The van der Waals surface area contributed by atoms with E-state index in [9.17, 15) is 4.79 Å². The van der Waals surface area contributed by atoms with Gasteiger partial charge in [0.25, 0.3) is 5.91 Å². The summed E-state index contributed by atoms with van der Waals surface area (Å²) >= 11 is 4.01. The Kier molecular flexibility index (Phi) is 2.94. The minimum Gasteiger partial charge on any atom is -0.268 e. The molecule has 0 aliphatic carbocycles. The molecule has 0 heterocycles. The molecule has 0 saturated heterocycles. The van der Waals surface area contributed by atoms with Crippen LogP contribution in [0.15, 0.2) is 43.0 Å². The van der Waals surface area contributed by atoms with Gasteiger partial charge in [-0.1, -0.05) is 37.6 Å². The number of carbonyl (C=O) groups excluding carboxylic acids is 1. The molecule has 0 unspecified atom stereocenters. The first-order valence-corrected chi connectivity index (χ1v) is 3.86. The van der Waals surface area contributed by atoms with Gasteiger partial charge >= 0.3 is 0 Å². The number of rotatable bonds is 2. The third-order valence-corrected chi connectivity index (χ3v) is 1.81. The summed E-state index contributed by atoms with van der Waals surface area (Å²) in [6, 6.07) is 9.16. The SMILES string of the molecule is C=CC(=O)N(S)c1ccccc1. The Balaban J connectivity index is 2.85. The van der Waals surface area contributed by atoms with Crippen LogP contribution < -0.4 is 4.31 Å². The van der Waals surface area contributed by atoms with E-state index in [1.807, 2.05) is 18.2 Å². The normalized spacial score (nSPS) is 9.08. The Morgan fingerprint density at radius 1 is 1.42 bits per heavy atom. The van der Waals surface area contributed by atoms with Crippen LogP contribution in [0.25, 0.3) is 0 Å². The molecular formula is C9H9NOS. The van der Waals surface area contributed by atoms with Gasteiger partial charge in [0.1, 0.15) is 0 Å². The largest absolute Gasteiger partial charge is 0.268 e. The summed E-state index contributed by atoms with van der Waals surface area (Å²) < 4.78 is 1.24. The van der Waals surface area contributed by atoms with Crippen LogP contribution in [0, 0.1) is 0 Å². The van der Waals surface area contributed by atoms with E-state index in [4.69, 9.17) is 0 Å². The molecule has 1 amide bonds. The molecule has 0 fully saturated rings. The Labute approximate surface area is 77.0 Å². The monoisotopic (exact) mass is 179 g/mol. The van der Waals surface area contributed by atoms with E-state index in [0.29, 0.717) is 0 Å². The van der Waals surface area contributed by atoms with Crippen molar-refractivity contribution in [2.75, 3.05) is 4.31 Å². The maximum atomic E-state index is 11.0. The van der Waals surface area contributed by atoms with E-state index in [1.165, 1.54) is 10.4 Å². The number of carbonyl (C=O) groups is 1. The molecule has 0 N–H and O–H groups in total. The van der Waals surface area contributed by atoms with Crippen LogP contribution >= 0.6 is 12.8 Å².